The van der Waals surface area contributed by atoms with Gasteiger partial charge in [0.05, 0.1) is 11.7 Å². The average molecular weight is 270 g/mol. The van der Waals surface area contributed by atoms with Gasteiger partial charge < -0.3 is 9.84 Å². The van der Waals surface area contributed by atoms with Crippen molar-refractivity contribution in [3.8, 4) is 0 Å². The molecule has 0 heterocycles. The number of hydrogen-bond donors (Lipinski definition) is 1. The van der Waals surface area contributed by atoms with Crippen molar-refractivity contribution < 1.29 is 14.6 Å². The maximum atomic E-state index is 11.4. The highest BCUT2D eigenvalue weighted by Gasteiger charge is 2.21. The molecule has 1 atom stereocenters. The molecular weight excluding hydrogens is 252 g/mol. The third-order valence-electron chi connectivity index (χ3n) is 2.98. The molecule has 20 heavy (non-hydrogen) atoms. The molecule has 3 nitrogen and oxygen atoms in total. The smallest absolute Gasteiger partial charge is 0.336 e. The number of carboxylic acids is 1. The van der Waals surface area contributed by atoms with Crippen molar-refractivity contribution in [3.63, 3.8) is 0 Å². The van der Waals surface area contributed by atoms with Crippen molar-refractivity contribution in [2.24, 2.45) is 0 Å². The Bertz CT molecular complexity index is 576. The van der Waals surface area contributed by atoms with E-state index in [-0.39, 0.29) is 17.8 Å². The van der Waals surface area contributed by atoms with Crippen molar-refractivity contribution >= 4 is 5.97 Å². The molecule has 0 spiro atoms. The number of benzene rings is 2. The summed E-state index contributed by atoms with van der Waals surface area (Å²) in [6.07, 6.45) is -0.370. The maximum Gasteiger partial charge on any atom is 0.336 e. The van der Waals surface area contributed by atoms with Crippen molar-refractivity contribution in [3.05, 3.63) is 71.3 Å². The molecule has 0 aliphatic rings. The van der Waals surface area contributed by atoms with Gasteiger partial charge in [0.25, 0.3) is 0 Å². The quantitative estimate of drug-likeness (QED) is 0.896. The molecule has 2 aromatic carbocycles. The first kappa shape index (κ1) is 14.3. The average Bonchev–Trinajstić information content (AvgIpc) is 2.45. The molecule has 1 N–H and O–H groups in total. The zero-order valence-electron chi connectivity index (χ0n) is 11.6. The number of ether oxygens (including phenoxy) is 1. The van der Waals surface area contributed by atoms with Gasteiger partial charge in [-0.2, -0.15) is 0 Å². The molecule has 3 heteroatoms. The molecule has 2 rings (SSSR count). The number of hydrogen-bond acceptors (Lipinski definition) is 2. The van der Waals surface area contributed by atoms with Crippen LogP contribution >= 0.6 is 0 Å². The van der Waals surface area contributed by atoms with Gasteiger partial charge in [-0.15, -0.1) is 0 Å². The fraction of sp³-hybridized carbons (Fsp3) is 0.235. The second-order valence-electron chi connectivity index (χ2n) is 4.87. The maximum absolute atomic E-state index is 11.4. The van der Waals surface area contributed by atoms with Gasteiger partial charge in [-0.25, -0.2) is 4.79 Å². The fourth-order valence-electron chi connectivity index (χ4n) is 2.15. The van der Waals surface area contributed by atoms with Gasteiger partial charge in [0.15, 0.2) is 0 Å². The lowest BCUT2D eigenvalue weighted by Gasteiger charge is -2.22. The first-order valence-electron chi connectivity index (χ1n) is 6.62. The summed E-state index contributed by atoms with van der Waals surface area (Å²) >= 11 is 0. The van der Waals surface area contributed by atoms with Crippen LogP contribution in [0.2, 0.25) is 0 Å². The van der Waals surface area contributed by atoms with E-state index in [0.717, 1.165) is 5.56 Å². The van der Waals surface area contributed by atoms with Crippen molar-refractivity contribution in [1.82, 2.24) is 0 Å². The molecule has 0 fully saturated rings. The molecule has 0 aromatic heterocycles. The standard InChI is InChI=1S/C17H18O3/c1-12(2)20-16(13-8-4-3-5-9-13)14-10-6-7-11-15(14)17(18)19/h3-12,16H,1-2H3,(H,18,19)/t16-/m0/s1. The minimum absolute atomic E-state index is 0.00190. The Morgan fingerprint density at radius 1 is 1.00 bits per heavy atom. The first-order chi connectivity index (χ1) is 9.59. The SMILES string of the molecule is CC(C)O[C@@H](c1ccccc1)c1ccccc1C(=O)O. The van der Waals surface area contributed by atoms with Crippen LogP contribution in [0.4, 0.5) is 0 Å². The second kappa shape index (κ2) is 6.35. The van der Waals surface area contributed by atoms with E-state index < -0.39 is 5.97 Å². The normalized spacial score (nSPS) is 12.3. The fourth-order valence-corrected chi connectivity index (χ4v) is 2.15. The van der Waals surface area contributed by atoms with E-state index in [1.54, 1.807) is 12.1 Å². The van der Waals surface area contributed by atoms with E-state index in [9.17, 15) is 9.90 Å². The number of aromatic carboxylic acids is 1. The molecule has 0 saturated carbocycles. The Hall–Kier alpha value is -2.13. The molecule has 0 aliphatic heterocycles. The van der Waals surface area contributed by atoms with Crippen LogP contribution in [0.15, 0.2) is 54.6 Å². The molecule has 0 aliphatic carbocycles. The van der Waals surface area contributed by atoms with Crippen LogP contribution in [0.1, 0.15) is 41.4 Å². The van der Waals surface area contributed by atoms with Crippen LogP contribution in [0.25, 0.3) is 0 Å². The van der Waals surface area contributed by atoms with Crippen LogP contribution in [-0.2, 0) is 4.74 Å². The monoisotopic (exact) mass is 270 g/mol. The van der Waals surface area contributed by atoms with E-state index in [2.05, 4.69) is 0 Å². The third-order valence-corrected chi connectivity index (χ3v) is 2.98. The molecule has 0 saturated heterocycles. The minimum atomic E-state index is -0.936. The van der Waals surface area contributed by atoms with Gasteiger partial charge in [0.1, 0.15) is 6.10 Å². The summed E-state index contributed by atoms with van der Waals surface area (Å²) in [6.45, 7) is 3.89. The van der Waals surface area contributed by atoms with E-state index >= 15 is 0 Å². The van der Waals surface area contributed by atoms with E-state index in [1.165, 1.54) is 0 Å². The zero-order valence-corrected chi connectivity index (χ0v) is 11.6. The summed E-state index contributed by atoms with van der Waals surface area (Å²) in [7, 11) is 0. The summed E-state index contributed by atoms with van der Waals surface area (Å²) in [5, 5.41) is 9.34. The largest absolute Gasteiger partial charge is 0.478 e. The van der Waals surface area contributed by atoms with Crippen LogP contribution < -0.4 is 0 Å². The first-order valence-corrected chi connectivity index (χ1v) is 6.62. The van der Waals surface area contributed by atoms with Gasteiger partial charge in [-0.05, 0) is 31.0 Å². The number of carboxylic acid groups (broad SMARTS) is 1. The second-order valence-corrected chi connectivity index (χ2v) is 4.87. The summed E-state index contributed by atoms with van der Waals surface area (Å²) in [6, 6.07) is 16.7. The van der Waals surface area contributed by atoms with Gasteiger partial charge >= 0.3 is 5.97 Å². The zero-order chi connectivity index (χ0) is 14.5. The molecule has 2 aromatic rings. The highest BCUT2D eigenvalue weighted by molar-refractivity contribution is 5.89. The Labute approximate surface area is 118 Å². The lowest BCUT2D eigenvalue weighted by Crippen LogP contribution is -2.15. The summed E-state index contributed by atoms with van der Waals surface area (Å²) in [5.41, 5.74) is 1.91. The lowest BCUT2D eigenvalue weighted by molar-refractivity contribution is 0.0291. The lowest BCUT2D eigenvalue weighted by atomic mass is 9.96. The Morgan fingerprint density at radius 2 is 1.60 bits per heavy atom. The van der Waals surface area contributed by atoms with E-state index in [1.807, 2.05) is 56.3 Å². The third kappa shape index (κ3) is 3.25. The van der Waals surface area contributed by atoms with E-state index in [0.29, 0.717) is 5.56 Å². The molecule has 0 bridgehead atoms. The van der Waals surface area contributed by atoms with Crippen LogP contribution in [0.5, 0.6) is 0 Å². The van der Waals surface area contributed by atoms with Crippen molar-refractivity contribution in [1.29, 1.82) is 0 Å². The van der Waals surface area contributed by atoms with Crippen molar-refractivity contribution in [2.45, 2.75) is 26.1 Å². The van der Waals surface area contributed by atoms with Crippen LogP contribution in [-0.4, -0.2) is 17.2 Å². The highest BCUT2D eigenvalue weighted by Crippen LogP contribution is 2.29. The molecule has 104 valence electrons. The van der Waals surface area contributed by atoms with Crippen molar-refractivity contribution in [2.75, 3.05) is 0 Å². The van der Waals surface area contributed by atoms with Gasteiger partial charge in [-0.1, -0.05) is 48.5 Å². The number of carbonyl (C=O) groups is 1. The number of rotatable bonds is 5. The molecular formula is C17H18O3. The van der Waals surface area contributed by atoms with Gasteiger partial charge in [0, 0.05) is 0 Å². The molecule has 0 radical (unpaired) electrons. The Kier molecular flexibility index (Phi) is 4.53. The van der Waals surface area contributed by atoms with E-state index in [4.69, 9.17) is 4.74 Å². The van der Waals surface area contributed by atoms with Gasteiger partial charge in [0.2, 0.25) is 0 Å². The summed E-state index contributed by atoms with van der Waals surface area (Å²) in [4.78, 5) is 11.4. The summed E-state index contributed by atoms with van der Waals surface area (Å²) < 4.78 is 5.95. The highest BCUT2D eigenvalue weighted by atomic mass is 16.5. The molecule has 0 amide bonds. The Balaban J connectivity index is 2.50. The predicted octanol–water partition coefficient (Wildman–Crippen LogP) is 3.90. The predicted molar refractivity (Wildman–Crippen MR) is 77.9 cm³/mol. The molecule has 0 unspecified atom stereocenters. The van der Waals surface area contributed by atoms with Crippen LogP contribution in [0.3, 0.4) is 0 Å². The minimum Gasteiger partial charge on any atom is -0.478 e. The van der Waals surface area contributed by atoms with Crippen LogP contribution in [0, 0.1) is 0 Å². The topological polar surface area (TPSA) is 46.5 Å². The van der Waals surface area contributed by atoms with Gasteiger partial charge in [-0.3, -0.25) is 0 Å². The summed E-state index contributed by atoms with van der Waals surface area (Å²) in [5.74, 6) is -0.936. The Morgan fingerprint density at radius 3 is 2.20 bits per heavy atom.